The number of likely N-dealkylation sites (tertiary alicyclic amines) is 1. The average Bonchev–Trinajstić information content (AvgIpc) is 3.57. The number of aromatic amines is 1. The van der Waals surface area contributed by atoms with Gasteiger partial charge < -0.3 is 18.9 Å². The van der Waals surface area contributed by atoms with Crippen LogP contribution in [0, 0.1) is 0 Å². The predicted octanol–water partition coefficient (Wildman–Crippen LogP) is 6.98. The number of nitrogens with zero attached hydrogens (tertiary/aromatic N) is 3. The Hall–Kier alpha value is -3.48. The first-order valence-corrected chi connectivity index (χ1v) is 18.9. The first-order chi connectivity index (χ1) is 21.3. The lowest BCUT2D eigenvalue weighted by Crippen LogP contribution is -2.50. The molecule has 1 fully saturated rings. The highest BCUT2D eigenvalue weighted by Crippen LogP contribution is 2.44. The molecule has 4 atom stereocenters. The fourth-order valence-corrected chi connectivity index (χ4v) is 6.65. The molecule has 3 heterocycles. The van der Waals surface area contributed by atoms with E-state index in [0.29, 0.717) is 23.6 Å². The van der Waals surface area contributed by atoms with Gasteiger partial charge in [-0.05, 0) is 88.9 Å². The van der Waals surface area contributed by atoms with Crippen LogP contribution in [0.25, 0.3) is 0 Å². The Morgan fingerprint density at radius 1 is 1.11 bits per heavy atom. The van der Waals surface area contributed by atoms with E-state index in [2.05, 4.69) is 54.4 Å². The summed E-state index contributed by atoms with van der Waals surface area (Å²) < 4.78 is 18.0. The van der Waals surface area contributed by atoms with Gasteiger partial charge in [-0.2, -0.15) is 0 Å². The van der Waals surface area contributed by atoms with Gasteiger partial charge in [-0.25, -0.2) is 19.7 Å². The summed E-state index contributed by atoms with van der Waals surface area (Å²) in [5.41, 5.74) is 1.60. The second kappa shape index (κ2) is 13.7. The van der Waals surface area contributed by atoms with Crippen LogP contribution in [0.5, 0.6) is 0 Å². The van der Waals surface area contributed by atoms with Gasteiger partial charge in [0.05, 0.1) is 12.1 Å². The highest BCUT2D eigenvalue weighted by Gasteiger charge is 2.47. The molecule has 11 nitrogen and oxygen atoms in total. The number of H-pyrrole nitrogens is 1. The quantitative estimate of drug-likeness (QED) is 0.184. The number of hydrogen-bond acceptors (Lipinski definition) is 8. The van der Waals surface area contributed by atoms with Crippen LogP contribution < -0.4 is 11.1 Å². The summed E-state index contributed by atoms with van der Waals surface area (Å²) in [6.07, 6.45) is 2.96. The predicted molar refractivity (Wildman–Crippen MR) is 178 cm³/mol. The monoisotopic (exact) mass is 671 g/mol. The van der Waals surface area contributed by atoms with E-state index < -0.39 is 31.8 Å². The summed E-state index contributed by atoms with van der Waals surface area (Å²) in [5.74, 6) is -0.917. The topological polar surface area (TPSA) is 140 Å². The highest BCUT2D eigenvalue weighted by molar-refractivity contribution is 6.74. The lowest BCUT2D eigenvalue weighted by Gasteiger charge is -2.43. The van der Waals surface area contributed by atoms with Crippen molar-refractivity contribution < 1.29 is 23.2 Å². The maximum Gasteiger partial charge on any atom is 0.434 e. The van der Waals surface area contributed by atoms with Crippen LogP contribution in [0.15, 0.2) is 51.8 Å². The van der Waals surface area contributed by atoms with Crippen LogP contribution >= 0.6 is 11.6 Å². The molecule has 0 aliphatic carbocycles. The van der Waals surface area contributed by atoms with Crippen molar-refractivity contribution >= 4 is 31.9 Å². The number of carbonyl (C=O) groups is 2. The van der Waals surface area contributed by atoms with E-state index in [4.69, 9.17) is 25.2 Å². The number of benzene rings is 1. The number of halogens is 1. The molecule has 13 heteroatoms. The van der Waals surface area contributed by atoms with Gasteiger partial charge in [0.2, 0.25) is 5.89 Å². The molecule has 46 heavy (non-hydrogen) atoms. The van der Waals surface area contributed by atoms with Crippen molar-refractivity contribution in [2.24, 2.45) is 0 Å². The van der Waals surface area contributed by atoms with Gasteiger partial charge in [0, 0.05) is 23.4 Å². The summed E-state index contributed by atoms with van der Waals surface area (Å²) in [4.78, 5) is 44.3. The van der Waals surface area contributed by atoms with E-state index in [1.165, 1.54) is 0 Å². The van der Waals surface area contributed by atoms with Crippen molar-refractivity contribution in [2.75, 3.05) is 0 Å². The molecule has 2 N–H and O–H groups in total. The van der Waals surface area contributed by atoms with Crippen LogP contribution in [0.4, 0.5) is 4.79 Å². The minimum atomic E-state index is -2.29. The molecule has 1 aliphatic heterocycles. The van der Waals surface area contributed by atoms with Gasteiger partial charge in [-0.3, -0.25) is 9.69 Å². The van der Waals surface area contributed by atoms with Gasteiger partial charge >= 0.3 is 11.8 Å². The van der Waals surface area contributed by atoms with Gasteiger partial charge in [-0.15, -0.1) is 5.10 Å². The van der Waals surface area contributed by atoms with E-state index >= 15 is 0 Å². The maximum absolute atomic E-state index is 13.9. The number of amides is 2. The molecule has 250 valence electrons. The van der Waals surface area contributed by atoms with Crippen molar-refractivity contribution in [3.8, 4) is 0 Å². The molecule has 2 amide bonds. The van der Waals surface area contributed by atoms with Gasteiger partial charge in [0.25, 0.3) is 5.91 Å². The Morgan fingerprint density at radius 3 is 2.33 bits per heavy atom. The number of nitrogens with one attached hydrogen (secondary N) is 2. The Morgan fingerprint density at radius 2 is 1.78 bits per heavy atom. The molecule has 0 spiro atoms. The molecule has 0 radical (unpaired) electrons. The van der Waals surface area contributed by atoms with Crippen LogP contribution in [0.1, 0.15) is 101 Å². The molecule has 0 bridgehead atoms. The molecule has 1 aliphatic rings. The second-order valence-corrected chi connectivity index (χ2v) is 19.6. The summed E-state index contributed by atoms with van der Waals surface area (Å²) in [5, 5.41) is 9.08. The lowest BCUT2D eigenvalue weighted by atomic mass is 10.0. The van der Waals surface area contributed by atoms with Crippen molar-refractivity contribution in [3.63, 3.8) is 0 Å². The summed E-state index contributed by atoms with van der Waals surface area (Å²) in [6.45, 7) is 18.3. The third-order valence-corrected chi connectivity index (χ3v) is 13.3. The fraction of sp³-hybridized carbons (Fsp3) is 0.545. The minimum absolute atomic E-state index is 0.0580. The molecule has 2 unspecified atom stereocenters. The van der Waals surface area contributed by atoms with Crippen molar-refractivity contribution in [1.82, 2.24) is 25.4 Å². The SMILES string of the molecule is C[C@@H](NC(=O)c1ccc(CC2CCC([C@H](O[Si](C)(C)C(C)(C)C)c3ccc(Cl)nc3)N2C(=O)OC(C)(C)C)cc1)c1n[nH]c(=O)o1. The van der Waals surface area contributed by atoms with Gasteiger partial charge in [0.1, 0.15) is 16.8 Å². The van der Waals surface area contributed by atoms with Gasteiger partial charge in [0.15, 0.2) is 8.32 Å². The van der Waals surface area contributed by atoms with Crippen LogP contribution in [-0.4, -0.2) is 58.1 Å². The van der Waals surface area contributed by atoms with Crippen molar-refractivity contribution in [3.05, 3.63) is 80.9 Å². The third kappa shape index (κ3) is 8.65. The first kappa shape index (κ1) is 35.4. The van der Waals surface area contributed by atoms with Crippen molar-refractivity contribution in [2.45, 2.75) is 116 Å². The number of carbonyl (C=O) groups excluding carboxylic acids is 2. The molecular formula is C33H46ClN5O6Si. The molecule has 1 aromatic carbocycles. The third-order valence-electron chi connectivity index (χ3n) is 8.67. The maximum atomic E-state index is 13.9. The van der Waals surface area contributed by atoms with E-state index in [1.54, 1.807) is 31.3 Å². The zero-order valence-corrected chi connectivity index (χ0v) is 29.9. The number of ether oxygens (including phenoxy) is 1. The molecule has 0 saturated carbocycles. The van der Waals surface area contributed by atoms with E-state index in [-0.39, 0.29) is 35.0 Å². The number of pyridine rings is 1. The molecular weight excluding hydrogens is 626 g/mol. The normalized spacial score (nSPS) is 18.7. The van der Waals surface area contributed by atoms with Crippen molar-refractivity contribution in [1.29, 1.82) is 0 Å². The Kier molecular flexibility index (Phi) is 10.5. The molecule has 4 rings (SSSR count). The minimum Gasteiger partial charge on any atom is -0.444 e. The highest BCUT2D eigenvalue weighted by atomic mass is 35.5. The number of aromatic nitrogens is 3. The zero-order chi connectivity index (χ0) is 34.0. The van der Waals surface area contributed by atoms with Crippen LogP contribution in [0.2, 0.25) is 23.3 Å². The van der Waals surface area contributed by atoms with E-state index in [1.807, 2.05) is 43.9 Å². The largest absolute Gasteiger partial charge is 0.444 e. The van der Waals surface area contributed by atoms with E-state index in [0.717, 1.165) is 17.5 Å². The van der Waals surface area contributed by atoms with E-state index in [9.17, 15) is 14.4 Å². The Balaban J connectivity index is 1.59. The average molecular weight is 672 g/mol. The van der Waals surface area contributed by atoms with Gasteiger partial charge in [-0.1, -0.05) is 50.6 Å². The van der Waals surface area contributed by atoms with Crippen LogP contribution in [0.3, 0.4) is 0 Å². The summed E-state index contributed by atoms with van der Waals surface area (Å²) in [6, 6.07) is 9.91. The fourth-order valence-electron chi connectivity index (χ4n) is 5.26. The summed E-state index contributed by atoms with van der Waals surface area (Å²) in [7, 11) is -2.29. The Labute approximate surface area is 276 Å². The zero-order valence-electron chi connectivity index (χ0n) is 28.1. The molecule has 1 saturated heterocycles. The van der Waals surface area contributed by atoms with Crippen LogP contribution in [-0.2, 0) is 15.6 Å². The number of rotatable bonds is 9. The molecule has 3 aromatic rings. The first-order valence-electron chi connectivity index (χ1n) is 15.6. The second-order valence-electron chi connectivity index (χ2n) is 14.4. The smallest absolute Gasteiger partial charge is 0.434 e. The Bertz CT molecular complexity index is 1560. The number of hydrogen-bond donors (Lipinski definition) is 2. The standard InChI is InChI=1S/C33H46ClN5O6Si/c1-20(29-37-38-30(41)43-29)36-28(40)22-12-10-21(11-13-22)18-24-15-16-25(39(24)31(42)44-32(2,3)4)27(23-14-17-26(34)35-19-23)45-46(8,9)33(5,6)7/h10-14,17,19-20,24-25,27H,15-16,18H2,1-9H3,(H,36,40)(H,38,41)/t20-,24?,25?,27-/m1/s1. The lowest BCUT2D eigenvalue weighted by molar-refractivity contribution is -0.00244. The summed E-state index contributed by atoms with van der Waals surface area (Å²) >= 11 is 6.16. The molecule has 2 aromatic heterocycles.